The topological polar surface area (TPSA) is 20.3 Å². The van der Waals surface area contributed by atoms with Gasteiger partial charge in [0.1, 0.15) is 0 Å². The van der Waals surface area contributed by atoms with Gasteiger partial charge < -0.3 is 4.90 Å². The number of nitrogens with zero attached hydrogens (tertiary/aromatic N) is 1. The van der Waals surface area contributed by atoms with Crippen molar-refractivity contribution in [3.05, 3.63) is 0 Å². The number of amides is 1. The number of likely N-dealkylation sites (tertiary alicyclic amines) is 1. The van der Waals surface area contributed by atoms with E-state index in [2.05, 4.69) is 13.8 Å². The number of rotatable bonds is 2. The van der Waals surface area contributed by atoms with Crippen molar-refractivity contribution >= 4 is 5.91 Å². The molecule has 2 nitrogen and oxygen atoms in total. The third-order valence-electron chi connectivity index (χ3n) is 3.37. The Kier molecular flexibility index (Phi) is 4.43. The smallest absolute Gasteiger partial charge is 0.222 e. The van der Waals surface area contributed by atoms with E-state index in [1.807, 2.05) is 11.8 Å². The van der Waals surface area contributed by atoms with Crippen molar-refractivity contribution in [2.45, 2.75) is 46.5 Å². The number of hydrogen-bond donors (Lipinski definition) is 0. The van der Waals surface area contributed by atoms with E-state index in [4.69, 9.17) is 0 Å². The molecule has 0 radical (unpaired) electrons. The molecule has 1 aliphatic rings. The van der Waals surface area contributed by atoms with Crippen LogP contribution in [-0.4, -0.2) is 23.9 Å². The monoisotopic (exact) mass is 197 g/mol. The molecule has 0 N–H and O–H groups in total. The summed E-state index contributed by atoms with van der Waals surface area (Å²) in [7, 11) is 0. The van der Waals surface area contributed by atoms with Gasteiger partial charge in [-0.05, 0) is 31.1 Å². The van der Waals surface area contributed by atoms with Gasteiger partial charge in [-0.15, -0.1) is 0 Å². The van der Waals surface area contributed by atoms with Gasteiger partial charge in [-0.2, -0.15) is 0 Å². The predicted molar refractivity (Wildman–Crippen MR) is 59.1 cm³/mol. The highest BCUT2D eigenvalue weighted by molar-refractivity contribution is 5.75. The van der Waals surface area contributed by atoms with Crippen LogP contribution in [0.4, 0.5) is 0 Å². The third-order valence-corrected chi connectivity index (χ3v) is 3.37. The number of carbonyl (C=O) groups is 1. The lowest BCUT2D eigenvalue weighted by molar-refractivity contribution is -0.130. The Labute approximate surface area is 87.7 Å². The normalized spacial score (nSPS) is 23.7. The Balaban J connectivity index is 2.44. The highest BCUT2D eigenvalue weighted by Crippen LogP contribution is 2.24. The van der Waals surface area contributed by atoms with Gasteiger partial charge in [-0.25, -0.2) is 0 Å². The van der Waals surface area contributed by atoms with Gasteiger partial charge in [0.2, 0.25) is 5.91 Å². The van der Waals surface area contributed by atoms with Crippen molar-refractivity contribution in [1.82, 2.24) is 4.90 Å². The zero-order valence-corrected chi connectivity index (χ0v) is 9.75. The van der Waals surface area contributed by atoms with Crippen LogP contribution in [0.1, 0.15) is 46.5 Å². The lowest BCUT2D eigenvalue weighted by atomic mass is 9.89. The SMILES string of the molecule is CCC(=O)N1CCCC(C(C)C)CC1. The minimum Gasteiger partial charge on any atom is -0.343 e. The van der Waals surface area contributed by atoms with Crippen LogP contribution in [0.2, 0.25) is 0 Å². The standard InChI is InChI=1S/C12H23NO/c1-4-12(14)13-8-5-6-11(7-9-13)10(2)3/h10-11H,4-9H2,1-3H3. The van der Waals surface area contributed by atoms with Crippen LogP contribution in [0.5, 0.6) is 0 Å². The van der Waals surface area contributed by atoms with E-state index >= 15 is 0 Å². The van der Waals surface area contributed by atoms with Crippen molar-refractivity contribution in [1.29, 1.82) is 0 Å². The molecule has 1 heterocycles. The molecule has 0 aromatic rings. The molecular weight excluding hydrogens is 174 g/mol. The van der Waals surface area contributed by atoms with E-state index in [9.17, 15) is 4.79 Å². The molecule has 0 aromatic heterocycles. The largest absolute Gasteiger partial charge is 0.343 e. The van der Waals surface area contributed by atoms with Crippen molar-refractivity contribution in [3.8, 4) is 0 Å². The van der Waals surface area contributed by atoms with Crippen molar-refractivity contribution < 1.29 is 4.79 Å². The highest BCUT2D eigenvalue weighted by atomic mass is 16.2. The Morgan fingerprint density at radius 2 is 2.07 bits per heavy atom. The fourth-order valence-electron chi connectivity index (χ4n) is 2.26. The molecule has 1 unspecified atom stereocenters. The average Bonchev–Trinajstić information content (AvgIpc) is 2.41. The second kappa shape index (κ2) is 5.38. The lowest BCUT2D eigenvalue weighted by Gasteiger charge is -2.20. The van der Waals surface area contributed by atoms with Crippen LogP contribution in [0.15, 0.2) is 0 Å². The molecule has 1 atom stereocenters. The predicted octanol–water partition coefficient (Wildman–Crippen LogP) is 2.68. The summed E-state index contributed by atoms with van der Waals surface area (Å²) >= 11 is 0. The van der Waals surface area contributed by atoms with E-state index in [-0.39, 0.29) is 0 Å². The Morgan fingerprint density at radius 1 is 1.36 bits per heavy atom. The first-order chi connectivity index (χ1) is 6.65. The zero-order chi connectivity index (χ0) is 10.6. The fourth-order valence-corrected chi connectivity index (χ4v) is 2.26. The van der Waals surface area contributed by atoms with Crippen molar-refractivity contribution in [3.63, 3.8) is 0 Å². The number of hydrogen-bond acceptors (Lipinski definition) is 1. The molecule has 14 heavy (non-hydrogen) atoms. The molecule has 0 saturated carbocycles. The van der Waals surface area contributed by atoms with Gasteiger partial charge in [-0.1, -0.05) is 20.8 Å². The Morgan fingerprint density at radius 3 is 2.64 bits per heavy atom. The minimum atomic E-state index is 0.328. The van der Waals surface area contributed by atoms with E-state index in [0.29, 0.717) is 12.3 Å². The second-order valence-electron chi connectivity index (χ2n) is 4.67. The molecule has 2 heteroatoms. The highest BCUT2D eigenvalue weighted by Gasteiger charge is 2.21. The van der Waals surface area contributed by atoms with Gasteiger partial charge in [0.15, 0.2) is 0 Å². The molecule has 0 aromatic carbocycles. The summed E-state index contributed by atoms with van der Waals surface area (Å²) in [4.78, 5) is 13.6. The van der Waals surface area contributed by atoms with E-state index < -0.39 is 0 Å². The molecule has 82 valence electrons. The number of carbonyl (C=O) groups excluding carboxylic acids is 1. The summed E-state index contributed by atoms with van der Waals surface area (Å²) in [6, 6.07) is 0. The molecule has 0 bridgehead atoms. The van der Waals surface area contributed by atoms with Gasteiger partial charge in [0.25, 0.3) is 0 Å². The summed E-state index contributed by atoms with van der Waals surface area (Å²) in [5, 5.41) is 0. The summed E-state index contributed by atoms with van der Waals surface area (Å²) in [5.41, 5.74) is 0. The average molecular weight is 197 g/mol. The molecule has 1 amide bonds. The molecule has 1 fully saturated rings. The molecule has 1 saturated heterocycles. The van der Waals surface area contributed by atoms with Crippen molar-refractivity contribution in [2.75, 3.05) is 13.1 Å². The third kappa shape index (κ3) is 3.00. The zero-order valence-electron chi connectivity index (χ0n) is 9.75. The molecule has 1 aliphatic heterocycles. The minimum absolute atomic E-state index is 0.328. The first kappa shape index (κ1) is 11.5. The van der Waals surface area contributed by atoms with Crippen LogP contribution in [0.25, 0.3) is 0 Å². The van der Waals surface area contributed by atoms with Crippen molar-refractivity contribution in [2.24, 2.45) is 11.8 Å². The first-order valence-corrected chi connectivity index (χ1v) is 5.93. The van der Waals surface area contributed by atoms with Crippen LogP contribution < -0.4 is 0 Å². The Hall–Kier alpha value is -0.530. The first-order valence-electron chi connectivity index (χ1n) is 5.93. The van der Waals surface area contributed by atoms with Crippen LogP contribution in [-0.2, 0) is 4.79 Å². The van der Waals surface area contributed by atoms with Crippen LogP contribution in [0.3, 0.4) is 0 Å². The van der Waals surface area contributed by atoms with Gasteiger partial charge in [0, 0.05) is 19.5 Å². The summed E-state index contributed by atoms with van der Waals surface area (Å²) < 4.78 is 0. The van der Waals surface area contributed by atoms with E-state index in [1.165, 1.54) is 19.3 Å². The Bertz CT molecular complexity index is 189. The van der Waals surface area contributed by atoms with Gasteiger partial charge in [0.05, 0.1) is 0 Å². The van der Waals surface area contributed by atoms with Gasteiger partial charge >= 0.3 is 0 Å². The summed E-state index contributed by atoms with van der Waals surface area (Å²) in [6.07, 6.45) is 4.34. The molecular formula is C12H23NO. The maximum Gasteiger partial charge on any atom is 0.222 e. The van der Waals surface area contributed by atoms with Gasteiger partial charge in [-0.3, -0.25) is 4.79 Å². The summed E-state index contributed by atoms with van der Waals surface area (Å²) in [6.45, 7) is 8.50. The maximum atomic E-state index is 11.5. The molecule has 0 spiro atoms. The van der Waals surface area contributed by atoms with E-state index in [0.717, 1.165) is 24.9 Å². The summed E-state index contributed by atoms with van der Waals surface area (Å²) in [5.74, 6) is 1.92. The van der Waals surface area contributed by atoms with E-state index in [1.54, 1.807) is 0 Å². The second-order valence-corrected chi connectivity index (χ2v) is 4.67. The van der Waals surface area contributed by atoms with Crippen LogP contribution in [0, 0.1) is 11.8 Å². The fraction of sp³-hybridized carbons (Fsp3) is 0.917. The lowest BCUT2D eigenvalue weighted by Crippen LogP contribution is -2.31. The quantitative estimate of drug-likeness (QED) is 0.666. The maximum absolute atomic E-state index is 11.5. The molecule has 0 aliphatic carbocycles. The molecule has 1 rings (SSSR count). The van der Waals surface area contributed by atoms with Crippen LogP contribution >= 0.6 is 0 Å².